The molecule has 0 radical (unpaired) electrons. The van der Waals surface area contributed by atoms with Gasteiger partial charge >= 0.3 is 0 Å². The van der Waals surface area contributed by atoms with Crippen molar-refractivity contribution in [2.45, 2.75) is 12.8 Å². The Hall–Kier alpha value is -1.42. The van der Waals surface area contributed by atoms with E-state index in [0.29, 0.717) is 0 Å². The van der Waals surface area contributed by atoms with Gasteiger partial charge in [0.2, 0.25) is 5.91 Å². The molecule has 2 aliphatic rings. The van der Waals surface area contributed by atoms with Crippen LogP contribution >= 0.6 is 0 Å². The van der Waals surface area contributed by atoms with Crippen molar-refractivity contribution >= 4 is 11.6 Å². The fourth-order valence-electron chi connectivity index (χ4n) is 2.72. The van der Waals surface area contributed by atoms with Crippen LogP contribution in [0.1, 0.15) is 12.8 Å². The lowest BCUT2D eigenvalue weighted by molar-refractivity contribution is -0.124. The van der Waals surface area contributed by atoms with Crippen LogP contribution in [-0.2, 0) is 4.79 Å². The predicted molar refractivity (Wildman–Crippen MR) is 61.1 cm³/mol. The number of rotatable bonds is 1. The first kappa shape index (κ1) is 9.78. The van der Waals surface area contributed by atoms with Gasteiger partial charge in [-0.05, 0) is 31.5 Å². The lowest BCUT2D eigenvalue weighted by atomic mass is 9.86. The number of hydrogen-bond donors (Lipinski definition) is 1. The molecule has 4 nitrogen and oxygen atoms in total. The smallest absolute Gasteiger partial charge is 0.234 e. The average molecular weight is 217 g/mol. The monoisotopic (exact) mass is 217 g/mol. The van der Waals surface area contributed by atoms with Crippen LogP contribution in [0.3, 0.4) is 0 Å². The summed E-state index contributed by atoms with van der Waals surface area (Å²) in [5.74, 6) is 0.269. The number of nitrogens with one attached hydrogen (secondary N) is 1. The van der Waals surface area contributed by atoms with Gasteiger partial charge in [0.25, 0.3) is 0 Å². The SMILES string of the molecule is O=C1N(c2cccnc2)CC[C@]12CCNC2. The molecule has 1 spiro atoms. The number of aromatic nitrogens is 1. The first-order chi connectivity index (χ1) is 7.82. The van der Waals surface area contributed by atoms with Gasteiger partial charge in [-0.1, -0.05) is 0 Å². The summed E-state index contributed by atoms with van der Waals surface area (Å²) in [4.78, 5) is 18.3. The van der Waals surface area contributed by atoms with Crippen molar-refractivity contribution in [1.29, 1.82) is 0 Å². The highest BCUT2D eigenvalue weighted by Gasteiger charge is 2.48. The molecule has 2 fully saturated rings. The zero-order chi connectivity index (χ0) is 11.0. The predicted octanol–water partition coefficient (Wildman–Crippen LogP) is 0.798. The quantitative estimate of drug-likeness (QED) is 0.756. The molecule has 3 heterocycles. The number of hydrogen-bond acceptors (Lipinski definition) is 3. The van der Waals surface area contributed by atoms with E-state index in [-0.39, 0.29) is 11.3 Å². The van der Waals surface area contributed by atoms with E-state index in [4.69, 9.17) is 0 Å². The molecule has 1 aromatic rings. The third kappa shape index (κ3) is 1.33. The van der Waals surface area contributed by atoms with Crippen LogP contribution in [0.5, 0.6) is 0 Å². The molecule has 2 aliphatic heterocycles. The number of anilines is 1. The molecular formula is C12H15N3O. The van der Waals surface area contributed by atoms with Crippen LogP contribution in [0.2, 0.25) is 0 Å². The van der Waals surface area contributed by atoms with Crippen LogP contribution < -0.4 is 10.2 Å². The van der Waals surface area contributed by atoms with Crippen LogP contribution in [-0.4, -0.2) is 30.5 Å². The second-order valence-corrected chi connectivity index (χ2v) is 4.63. The maximum absolute atomic E-state index is 12.4. The van der Waals surface area contributed by atoms with E-state index in [1.165, 1.54) is 0 Å². The first-order valence-electron chi connectivity index (χ1n) is 5.75. The second-order valence-electron chi connectivity index (χ2n) is 4.63. The van der Waals surface area contributed by atoms with E-state index in [1.54, 1.807) is 12.4 Å². The van der Waals surface area contributed by atoms with E-state index < -0.39 is 0 Å². The van der Waals surface area contributed by atoms with Gasteiger partial charge in [-0.25, -0.2) is 0 Å². The molecule has 2 saturated heterocycles. The summed E-state index contributed by atoms with van der Waals surface area (Å²) >= 11 is 0. The Morgan fingerprint density at radius 2 is 2.38 bits per heavy atom. The molecule has 3 rings (SSSR count). The fraction of sp³-hybridized carbons (Fsp3) is 0.500. The zero-order valence-corrected chi connectivity index (χ0v) is 9.15. The van der Waals surface area contributed by atoms with Crippen molar-refractivity contribution < 1.29 is 4.79 Å². The molecular weight excluding hydrogens is 202 g/mol. The standard InChI is InChI=1S/C12H15N3O/c16-11-12(3-6-14-9-12)4-7-15(11)10-2-1-5-13-8-10/h1-2,5,8,14H,3-4,6-7,9H2/t12-/m0/s1. The van der Waals surface area contributed by atoms with Crippen molar-refractivity contribution in [3.8, 4) is 0 Å². The van der Waals surface area contributed by atoms with E-state index in [9.17, 15) is 4.79 Å². The van der Waals surface area contributed by atoms with Gasteiger partial charge in [-0.2, -0.15) is 0 Å². The molecule has 4 heteroatoms. The summed E-state index contributed by atoms with van der Waals surface area (Å²) < 4.78 is 0. The van der Waals surface area contributed by atoms with Gasteiger partial charge < -0.3 is 10.2 Å². The van der Waals surface area contributed by atoms with Crippen LogP contribution in [0, 0.1) is 5.41 Å². The summed E-state index contributed by atoms with van der Waals surface area (Å²) in [5, 5.41) is 3.29. The van der Waals surface area contributed by atoms with E-state index in [1.807, 2.05) is 17.0 Å². The molecule has 0 saturated carbocycles. The topological polar surface area (TPSA) is 45.2 Å². The maximum atomic E-state index is 12.4. The molecule has 1 atom stereocenters. The van der Waals surface area contributed by atoms with Gasteiger partial charge in [0.15, 0.2) is 0 Å². The molecule has 0 aliphatic carbocycles. The van der Waals surface area contributed by atoms with Crippen molar-refractivity contribution in [2.24, 2.45) is 5.41 Å². The Balaban J connectivity index is 1.88. The second kappa shape index (κ2) is 3.56. The van der Waals surface area contributed by atoms with Crippen molar-refractivity contribution in [1.82, 2.24) is 10.3 Å². The van der Waals surface area contributed by atoms with E-state index >= 15 is 0 Å². The number of pyridine rings is 1. The third-order valence-corrected chi connectivity index (χ3v) is 3.71. The van der Waals surface area contributed by atoms with Gasteiger partial charge in [0.05, 0.1) is 17.3 Å². The largest absolute Gasteiger partial charge is 0.316 e. The van der Waals surface area contributed by atoms with Crippen molar-refractivity contribution in [2.75, 3.05) is 24.5 Å². The highest BCUT2D eigenvalue weighted by molar-refractivity contribution is 6.00. The summed E-state index contributed by atoms with van der Waals surface area (Å²) in [5.41, 5.74) is 0.798. The fourth-order valence-corrected chi connectivity index (χ4v) is 2.72. The average Bonchev–Trinajstić information content (AvgIpc) is 2.91. The summed E-state index contributed by atoms with van der Waals surface area (Å²) in [7, 11) is 0. The summed E-state index contributed by atoms with van der Waals surface area (Å²) in [6.45, 7) is 2.63. The Morgan fingerprint density at radius 1 is 1.44 bits per heavy atom. The van der Waals surface area contributed by atoms with Crippen molar-refractivity contribution in [3.05, 3.63) is 24.5 Å². The summed E-state index contributed by atoms with van der Waals surface area (Å²) in [6, 6.07) is 3.83. The maximum Gasteiger partial charge on any atom is 0.234 e. The highest BCUT2D eigenvalue weighted by atomic mass is 16.2. The Labute approximate surface area is 94.7 Å². The van der Waals surface area contributed by atoms with Crippen LogP contribution in [0.25, 0.3) is 0 Å². The number of amides is 1. The van der Waals surface area contributed by atoms with Crippen LogP contribution in [0.15, 0.2) is 24.5 Å². The molecule has 0 unspecified atom stereocenters. The molecule has 1 amide bonds. The molecule has 0 bridgehead atoms. The van der Waals surface area contributed by atoms with Gasteiger partial charge in [-0.15, -0.1) is 0 Å². The van der Waals surface area contributed by atoms with Gasteiger partial charge in [0.1, 0.15) is 0 Å². The zero-order valence-electron chi connectivity index (χ0n) is 9.15. The first-order valence-corrected chi connectivity index (χ1v) is 5.75. The molecule has 1 aromatic heterocycles. The Kier molecular flexibility index (Phi) is 2.17. The lowest BCUT2D eigenvalue weighted by Gasteiger charge is -2.21. The molecule has 0 aromatic carbocycles. The normalized spacial score (nSPS) is 29.2. The third-order valence-electron chi connectivity index (χ3n) is 3.71. The highest BCUT2D eigenvalue weighted by Crippen LogP contribution is 2.39. The van der Waals surface area contributed by atoms with Gasteiger partial charge in [-0.3, -0.25) is 9.78 Å². The number of nitrogens with zero attached hydrogens (tertiary/aromatic N) is 2. The minimum absolute atomic E-state index is 0.129. The lowest BCUT2D eigenvalue weighted by Crippen LogP contribution is -2.36. The van der Waals surface area contributed by atoms with Gasteiger partial charge in [0, 0.05) is 19.3 Å². The minimum atomic E-state index is -0.129. The van der Waals surface area contributed by atoms with Crippen LogP contribution in [0.4, 0.5) is 5.69 Å². The van der Waals surface area contributed by atoms with Crippen molar-refractivity contribution in [3.63, 3.8) is 0 Å². The van der Waals surface area contributed by atoms with E-state index in [2.05, 4.69) is 10.3 Å². The molecule has 16 heavy (non-hydrogen) atoms. The Morgan fingerprint density at radius 3 is 3.06 bits per heavy atom. The van der Waals surface area contributed by atoms with E-state index in [0.717, 1.165) is 38.2 Å². The Bertz CT molecular complexity index is 398. The number of carbonyl (C=O) groups excluding carboxylic acids is 1. The molecule has 84 valence electrons. The summed E-state index contributed by atoms with van der Waals surface area (Å²) in [6.07, 6.45) is 5.44. The number of carbonyl (C=O) groups is 1. The minimum Gasteiger partial charge on any atom is -0.316 e. The molecule has 1 N–H and O–H groups in total.